The first kappa shape index (κ1) is 11.3. The van der Waals surface area contributed by atoms with Crippen molar-refractivity contribution in [2.24, 2.45) is 0 Å². The molecule has 1 aromatic carbocycles. The second-order valence-corrected chi connectivity index (χ2v) is 5.01. The van der Waals surface area contributed by atoms with E-state index in [1.54, 1.807) is 6.20 Å². The van der Waals surface area contributed by atoms with Crippen LogP contribution in [0.5, 0.6) is 0 Å². The summed E-state index contributed by atoms with van der Waals surface area (Å²) in [5.74, 6) is 0.872. The third-order valence-electron chi connectivity index (χ3n) is 2.77. The number of anilines is 1. The summed E-state index contributed by atoms with van der Waals surface area (Å²) in [6, 6.07) is 14.3. The quantitative estimate of drug-likeness (QED) is 0.769. The van der Waals surface area contributed by atoms with Crippen LogP contribution in [-0.4, -0.2) is 9.97 Å². The zero-order valence-corrected chi connectivity index (χ0v) is 11.2. The number of fused-ring (bicyclic) bond motifs is 1. The van der Waals surface area contributed by atoms with Crippen molar-refractivity contribution >= 4 is 32.7 Å². The Kier molecular flexibility index (Phi) is 3.02. The molecule has 0 saturated carbocycles. The van der Waals surface area contributed by atoms with Crippen LogP contribution in [0.2, 0.25) is 0 Å². The normalized spacial score (nSPS) is 10.7. The molecule has 2 aromatic heterocycles. The van der Waals surface area contributed by atoms with Crippen LogP contribution in [0, 0.1) is 0 Å². The van der Waals surface area contributed by atoms with Gasteiger partial charge in [0.25, 0.3) is 0 Å². The van der Waals surface area contributed by atoms with Crippen LogP contribution in [0.3, 0.4) is 0 Å². The minimum Gasteiger partial charge on any atom is -0.365 e. The van der Waals surface area contributed by atoms with Gasteiger partial charge in [-0.25, -0.2) is 4.98 Å². The average molecular weight is 302 g/mol. The van der Waals surface area contributed by atoms with E-state index in [0.29, 0.717) is 0 Å². The summed E-state index contributed by atoms with van der Waals surface area (Å²) >= 11 is 3.37. The predicted molar refractivity (Wildman–Crippen MR) is 77.6 cm³/mol. The molecule has 0 fully saturated rings. The molecule has 0 radical (unpaired) electrons. The molecule has 0 unspecified atom stereocenters. The fourth-order valence-corrected chi connectivity index (χ4v) is 2.13. The van der Waals surface area contributed by atoms with Crippen LogP contribution >= 0.6 is 15.9 Å². The van der Waals surface area contributed by atoms with Gasteiger partial charge in [-0.1, -0.05) is 18.2 Å². The van der Waals surface area contributed by atoms with Crippen LogP contribution in [0.4, 0.5) is 5.82 Å². The molecule has 0 saturated heterocycles. The molecule has 3 rings (SSSR count). The van der Waals surface area contributed by atoms with Gasteiger partial charge in [-0.3, -0.25) is 0 Å². The minimum atomic E-state index is 0.739. The van der Waals surface area contributed by atoms with E-state index < -0.39 is 0 Å². The van der Waals surface area contributed by atoms with Gasteiger partial charge in [-0.05, 0) is 45.6 Å². The van der Waals surface area contributed by atoms with Crippen molar-refractivity contribution in [1.29, 1.82) is 0 Å². The standard InChI is InChI=1S/C14H12BrN3/c15-11-5-6-14(16-8-11)17-9-12-7-10-3-1-2-4-13(10)18-12/h1-8,18H,9H2,(H,16,17). The van der Waals surface area contributed by atoms with Crippen molar-refractivity contribution in [3.8, 4) is 0 Å². The molecular weight excluding hydrogens is 290 g/mol. The largest absolute Gasteiger partial charge is 0.365 e. The van der Waals surface area contributed by atoms with Crippen LogP contribution in [-0.2, 0) is 6.54 Å². The summed E-state index contributed by atoms with van der Waals surface area (Å²) < 4.78 is 0.985. The van der Waals surface area contributed by atoms with Crippen molar-refractivity contribution in [3.05, 3.63) is 58.8 Å². The van der Waals surface area contributed by atoms with Crippen LogP contribution in [0.1, 0.15) is 5.69 Å². The molecule has 0 bridgehead atoms. The summed E-state index contributed by atoms with van der Waals surface area (Å²) in [6.45, 7) is 0.739. The smallest absolute Gasteiger partial charge is 0.126 e. The van der Waals surface area contributed by atoms with Crippen LogP contribution < -0.4 is 5.32 Å². The first-order chi connectivity index (χ1) is 8.81. The number of para-hydroxylation sites is 1. The molecular formula is C14H12BrN3. The molecule has 90 valence electrons. The Morgan fingerprint density at radius 3 is 2.83 bits per heavy atom. The minimum absolute atomic E-state index is 0.739. The second kappa shape index (κ2) is 4.82. The molecule has 0 aliphatic rings. The number of benzene rings is 1. The van der Waals surface area contributed by atoms with Gasteiger partial charge in [0.15, 0.2) is 0 Å². The number of pyridine rings is 1. The van der Waals surface area contributed by atoms with Crippen molar-refractivity contribution in [2.75, 3.05) is 5.32 Å². The second-order valence-electron chi connectivity index (χ2n) is 4.10. The SMILES string of the molecule is Brc1ccc(NCc2cc3ccccc3[nH]2)nc1. The summed E-state index contributed by atoms with van der Waals surface area (Å²) in [4.78, 5) is 7.65. The van der Waals surface area contributed by atoms with E-state index in [-0.39, 0.29) is 0 Å². The number of aromatic amines is 1. The van der Waals surface area contributed by atoms with E-state index in [9.17, 15) is 0 Å². The molecule has 2 heterocycles. The molecule has 0 aliphatic heterocycles. The molecule has 0 spiro atoms. The fraction of sp³-hybridized carbons (Fsp3) is 0.0714. The van der Waals surface area contributed by atoms with Gasteiger partial charge < -0.3 is 10.3 Å². The summed E-state index contributed by atoms with van der Waals surface area (Å²) in [5, 5.41) is 4.52. The fourth-order valence-electron chi connectivity index (χ4n) is 1.89. The third kappa shape index (κ3) is 2.38. The number of hydrogen-bond donors (Lipinski definition) is 2. The number of nitrogens with zero attached hydrogens (tertiary/aromatic N) is 1. The van der Waals surface area contributed by atoms with Gasteiger partial charge in [-0.2, -0.15) is 0 Å². The topological polar surface area (TPSA) is 40.7 Å². The molecule has 2 N–H and O–H groups in total. The first-order valence-electron chi connectivity index (χ1n) is 5.73. The van der Waals surface area contributed by atoms with Gasteiger partial charge in [0, 0.05) is 21.9 Å². The molecule has 3 nitrogen and oxygen atoms in total. The zero-order chi connectivity index (χ0) is 12.4. The van der Waals surface area contributed by atoms with E-state index in [4.69, 9.17) is 0 Å². The highest BCUT2D eigenvalue weighted by molar-refractivity contribution is 9.10. The van der Waals surface area contributed by atoms with E-state index in [1.807, 2.05) is 24.3 Å². The van der Waals surface area contributed by atoms with Crippen LogP contribution in [0.25, 0.3) is 10.9 Å². The monoisotopic (exact) mass is 301 g/mol. The lowest BCUT2D eigenvalue weighted by Crippen LogP contribution is -2.00. The van der Waals surface area contributed by atoms with E-state index in [0.717, 1.165) is 28.0 Å². The maximum absolute atomic E-state index is 4.28. The van der Waals surface area contributed by atoms with E-state index in [1.165, 1.54) is 5.39 Å². The van der Waals surface area contributed by atoms with E-state index in [2.05, 4.69) is 49.4 Å². The summed E-state index contributed by atoms with van der Waals surface area (Å²) in [5.41, 5.74) is 2.32. The lowest BCUT2D eigenvalue weighted by Gasteiger charge is -2.03. The maximum atomic E-state index is 4.28. The Hall–Kier alpha value is -1.81. The predicted octanol–water partition coefficient (Wildman–Crippen LogP) is 3.94. The first-order valence-corrected chi connectivity index (χ1v) is 6.52. The van der Waals surface area contributed by atoms with Gasteiger partial charge in [-0.15, -0.1) is 0 Å². The summed E-state index contributed by atoms with van der Waals surface area (Å²) in [7, 11) is 0. The molecule has 0 atom stereocenters. The molecule has 18 heavy (non-hydrogen) atoms. The lowest BCUT2D eigenvalue weighted by atomic mass is 10.2. The Labute approximate surface area is 113 Å². The zero-order valence-electron chi connectivity index (χ0n) is 9.65. The number of hydrogen-bond acceptors (Lipinski definition) is 2. The highest BCUT2D eigenvalue weighted by Gasteiger charge is 2.00. The van der Waals surface area contributed by atoms with Gasteiger partial charge in [0.05, 0.1) is 6.54 Å². The van der Waals surface area contributed by atoms with Gasteiger partial charge in [0.1, 0.15) is 5.82 Å². The highest BCUT2D eigenvalue weighted by atomic mass is 79.9. The Morgan fingerprint density at radius 2 is 2.06 bits per heavy atom. The Balaban J connectivity index is 1.74. The van der Waals surface area contributed by atoms with Crippen molar-refractivity contribution in [3.63, 3.8) is 0 Å². The lowest BCUT2D eigenvalue weighted by molar-refractivity contribution is 1.06. The highest BCUT2D eigenvalue weighted by Crippen LogP contribution is 2.16. The molecule has 4 heteroatoms. The van der Waals surface area contributed by atoms with Crippen LogP contribution in [0.15, 0.2) is 53.1 Å². The van der Waals surface area contributed by atoms with Crippen molar-refractivity contribution < 1.29 is 0 Å². The van der Waals surface area contributed by atoms with Gasteiger partial charge in [0.2, 0.25) is 0 Å². The third-order valence-corrected chi connectivity index (χ3v) is 3.24. The number of nitrogens with one attached hydrogen (secondary N) is 2. The number of aromatic nitrogens is 2. The maximum Gasteiger partial charge on any atom is 0.126 e. The average Bonchev–Trinajstić information content (AvgIpc) is 2.81. The van der Waals surface area contributed by atoms with Gasteiger partial charge >= 0.3 is 0 Å². The number of halogens is 1. The number of H-pyrrole nitrogens is 1. The molecule has 0 aliphatic carbocycles. The Bertz CT molecular complexity index is 625. The number of rotatable bonds is 3. The summed E-state index contributed by atoms with van der Waals surface area (Å²) in [6.07, 6.45) is 1.79. The Morgan fingerprint density at radius 1 is 1.17 bits per heavy atom. The van der Waals surface area contributed by atoms with Crippen molar-refractivity contribution in [1.82, 2.24) is 9.97 Å². The molecule has 0 amide bonds. The molecule has 3 aromatic rings. The van der Waals surface area contributed by atoms with E-state index >= 15 is 0 Å². The van der Waals surface area contributed by atoms with Crippen molar-refractivity contribution in [2.45, 2.75) is 6.54 Å².